The van der Waals surface area contributed by atoms with Crippen molar-refractivity contribution in [3.8, 4) is 0 Å². The number of fused-ring (bicyclic) bond motifs is 1. The van der Waals surface area contributed by atoms with Crippen LogP contribution in [0.4, 0.5) is 18.0 Å². The number of nitrogens with one attached hydrogen (secondary N) is 4. The fourth-order valence-electron chi connectivity index (χ4n) is 3.36. The maximum atomic E-state index is 13.2. The number of aromatic amines is 1. The van der Waals surface area contributed by atoms with Gasteiger partial charge in [-0.05, 0) is 24.1 Å². The van der Waals surface area contributed by atoms with Gasteiger partial charge in [-0.2, -0.15) is 13.2 Å². The number of carbonyl (C=O) groups is 3. The highest BCUT2D eigenvalue weighted by molar-refractivity contribution is 6.07. The SMILES string of the molecule is CC1(c2ccc(CNC(=O)c3cc4c(C(F)(F)F)cc(=O)[nH]c4o3)cc2)NC(=O)NC1=O. The molecule has 1 unspecified atom stereocenters. The van der Waals surface area contributed by atoms with Crippen molar-refractivity contribution in [1.82, 2.24) is 20.9 Å². The largest absolute Gasteiger partial charge is 0.434 e. The zero-order chi connectivity index (χ0) is 23.3. The number of imide groups is 1. The molecule has 1 fully saturated rings. The van der Waals surface area contributed by atoms with Crippen LogP contribution in [0.2, 0.25) is 0 Å². The van der Waals surface area contributed by atoms with Crippen LogP contribution in [0.5, 0.6) is 0 Å². The Hall–Kier alpha value is -4.09. The predicted molar refractivity (Wildman–Crippen MR) is 103 cm³/mol. The highest BCUT2D eigenvalue weighted by Gasteiger charge is 2.43. The van der Waals surface area contributed by atoms with Crippen molar-refractivity contribution in [3.63, 3.8) is 0 Å². The van der Waals surface area contributed by atoms with E-state index in [4.69, 9.17) is 4.42 Å². The Kier molecular flexibility index (Phi) is 4.79. The van der Waals surface area contributed by atoms with E-state index in [0.29, 0.717) is 17.2 Å². The Morgan fingerprint density at radius 1 is 1.12 bits per heavy atom. The second-order valence-corrected chi connectivity index (χ2v) is 7.31. The summed E-state index contributed by atoms with van der Waals surface area (Å²) >= 11 is 0. The summed E-state index contributed by atoms with van der Waals surface area (Å²) in [5, 5.41) is 6.76. The van der Waals surface area contributed by atoms with Crippen LogP contribution >= 0.6 is 0 Å². The lowest BCUT2D eigenvalue weighted by Gasteiger charge is -2.21. The first-order chi connectivity index (χ1) is 15.0. The molecule has 0 spiro atoms. The average molecular weight is 448 g/mol. The van der Waals surface area contributed by atoms with Gasteiger partial charge < -0.3 is 15.1 Å². The number of benzene rings is 1. The molecule has 32 heavy (non-hydrogen) atoms. The molecule has 1 aliphatic rings. The van der Waals surface area contributed by atoms with Gasteiger partial charge in [-0.15, -0.1) is 0 Å². The van der Waals surface area contributed by atoms with Crippen LogP contribution in [0.15, 0.2) is 45.6 Å². The minimum absolute atomic E-state index is 0.00801. The van der Waals surface area contributed by atoms with Crippen LogP contribution in [0.25, 0.3) is 11.1 Å². The van der Waals surface area contributed by atoms with Crippen molar-refractivity contribution in [3.05, 3.63) is 69.2 Å². The van der Waals surface area contributed by atoms with E-state index >= 15 is 0 Å². The molecule has 0 aliphatic carbocycles. The van der Waals surface area contributed by atoms with E-state index in [1.165, 1.54) is 0 Å². The normalized spacial score (nSPS) is 18.5. The quantitative estimate of drug-likeness (QED) is 0.454. The third-order valence-corrected chi connectivity index (χ3v) is 5.09. The van der Waals surface area contributed by atoms with Gasteiger partial charge in [0.1, 0.15) is 5.54 Å². The molecule has 2 aromatic heterocycles. The minimum Gasteiger partial charge on any atom is -0.434 e. The second-order valence-electron chi connectivity index (χ2n) is 7.31. The van der Waals surface area contributed by atoms with Crippen molar-refractivity contribution in [2.75, 3.05) is 0 Å². The molecule has 0 radical (unpaired) electrons. The summed E-state index contributed by atoms with van der Waals surface area (Å²) in [7, 11) is 0. The van der Waals surface area contributed by atoms with E-state index in [2.05, 4.69) is 20.9 Å². The smallest absolute Gasteiger partial charge is 0.417 e. The van der Waals surface area contributed by atoms with Gasteiger partial charge in [-0.25, -0.2) is 4.79 Å². The van der Waals surface area contributed by atoms with Gasteiger partial charge in [0.05, 0.1) is 10.9 Å². The Labute approximate surface area is 177 Å². The van der Waals surface area contributed by atoms with Gasteiger partial charge in [0.2, 0.25) is 5.71 Å². The number of hydrogen-bond acceptors (Lipinski definition) is 5. The van der Waals surface area contributed by atoms with Gasteiger partial charge in [-0.1, -0.05) is 24.3 Å². The number of pyridine rings is 1. The topological polar surface area (TPSA) is 133 Å². The number of carbonyl (C=O) groups excluding carboxylic acids is 3. The number of amides is 4. The fourth-order valence-corrected chi connectivity index (χ4v) is 3.36. The Balaban J connectivity index is 1.50. The highest BCUT2D eigenvalue weighted by atomic mass is 19.4. The standard InChI is InChI=1S/C20H15F3N4O5/c1-19(17(30)26-18(31)27-19)10-4-2-9(3-5-10)8-24-15(29)13-6-11-12(20(21,22)23)7-14(28)25-16(11)32-13/h2-7H,8H2,1H3,(H,24,29)(H,25,28)(H2,26,27,30,31). The first-order valence-electron chi connectivity index (χ1n) is 9.22. The Bertz CT molecular complexity index is 1310. The molecule has 1 saturated heterocycles. The van der Waals surface area contributed by atoms with E-state index in [1.807, 2.05) is 0 Å². The molecule has 4 rings (SSSR count). The lowest BCUT2D eigenvalue weighted by atomic mass is 9.91. The molecule has 1 atom stereocenters. The second kappa shape index (κ2) is 7.25. The molecule has 166 valence electrons. The molecule has 0 saturated carbocycles. The highest BCUT2D eigenvalue weighted by Crippen LogP contribution is 2.34. The Morgan fingerprint density at radius 3 is 2.41 bits per heavy atom. The lowest BCUT2D eigenvalue weighted by molar-refractivity contribution is -0.136. The van der Waals surface area contributed by atoms with Crippen molar-refractivity contribution in [2.45, 2.75) is 25.2 Å². The fraction of sp³-hybridized carbons (Fsp3) is 0.200. The molecule has 9 nitrogen and oxygen atoms in total. The number of furan rings is 1. The lowest BCUT2D eigenvalue weighted by Crippen LogP contribution is -2.40. The molecule has 12 heteroatoms. The number of urea groups is 1. The molecule has 4 N–H and O–H groups in total. The summed E-state index contributed by atoms with van der Waals surface area (Å²) in [5.41, 5.74) is -2.74. The van der Waals surface area contributed by atoms with E-state index in [-0.39, 0.29) is 6.54 Å². The summed E-state index contributed by atoms with van der Waals surface area (Å²) < 4.78 is 44.6. The third-order valence-electron chi connectivity index (χ3n) is 5.09. The van der Waals surface area contributed by atoms with Gasteiger partial charge in [0, 0.05) is 12.6 Å². The van der Waals surface area contributed by atoms with E-state index in [0.717, 1.165) is 6.07 Å². The van der Waals surface area contributed by atoms with E-state index in [1.54, 1.807) is 31.2 Å². The first kappa shape index (κ1) is 21.2. The van der Waals surface area contributed by atoms with Gasteiger partial charge in [0.15, 0.2) is 5.76 Å². The number of hydrogen-bond donors (Lipinski definition) is 4. The molecule has 0 bridgehead atoms. The number of alkyl halides is 3. The van der Waals surface area contributed by atoms with Crippen LogP contribution in [-0.4, -0.2) is 22.8 Å². The average Bonchev–Trinajstić information content (AvgIpc) is 3.25. The number of H-pyrrole nitrogens is 1. The summed E-state index contributed by atoms with van der Waals surface area (Å²) in [6.07, 6.45) is -4.79. The maximum Gasteiger partial charge on any atom is 0.417 e. The van der Waals surface area contributed by atoms with Gasteiger partial charge in [-0.3, -0.25) is 24.7 Å². The van der Waals surface area contributed by atoms with E-state index in [9.17, 15) is 32.3 Å². The summed E-state index contributed by atoms with van der Waals surface area (Å²) in [4.78, 5) is 49.3. The molecule has 1 aliphatic heterocycles. The van der Waals surface area contributed by atoms with Crippen molar-refractivity contribution >= 4 is 28.9 Å². The van der Waals surface area contributed by atoms with Crippen LogP contribution < -0.4 is 21.5 Å². The maximum absolute atomic E-state index is 13.2. The summed E-state index contributed by atoms with van der Waals surface area (Å²) in [6, 6.07) is 7.16. The molecule has 4 amide bonds. The summed E-state index contributed by atoms with van der Waals surface area (Å²) in [5.74, 6) is -1.68. The zero-order valence-electron chi connectivity index (χ0n) is 16.3. The van der Waals surface area contributed by atoms with Gasteiger partial charge >= 0.3 is 12.2 Å². The van der Waals surface area contributed by atoms with Crippen molar-refractivity contribution in [1.29, 1.82) is 0 Å². The number of rotatable bonds is 4. The summed E-state index contributed by atoms with van der Waals surface area (Å²) in [6.45, 7) is 1.55. The van der Waals surface area contributed by atoms with Crippen LogP contribution in [-0.2, 0) is 23.1 Å². The van der Waals surface area contributed by atoms with Crippen LogP contribution in [0.3, 0.4) is 0 Å². The Morgan fingerprint density at radius 2 is 1.81 bits per heavy atom. The molecular formula is C20H15F3N4O5. The number of aromatic nitrogens is 1. The third kappa shape index (κ3) is 3.70. The predicted octanol–water partition coefficient (Wildman–Crippen LogP) is 2.12. The molecule has 1 aromatic carbocycles. The van der Waals surface area contributed by atoms with Crippen LogP contribution in [0.1, 0.15) is 34.2 Å². The van der Waals surface area contributed by atoms with Crippen molar-refractivity contribution in [2.24, 2.45) is 0 Å². The molecule has 3 heterocycles. The zero-order valence-corrected chi connectivity index (χ0v) is 16.3. The molecule has 3 aromatic rings. The van der Waals surface area contributed by atoms with Crippen LogP contribution in [0, 0.1) is 0 Å². The van der Waals surface area contributed by atoms with E-state index < -0.39 is 57.5 Å². The minimum atomic E-state index is -4.79. The monoisotopic (exact) mass is 448 g/mol. The molecular weight excluding hydrogens is 433 g/mol. The van der Waals surface area contributed by atoms with Gasteiger partial charge in [0.25, 0.3) is 17.4 Å². The first-order valence-corrected chi connectivity index (χ1v) is 9.22. The number of halogens is 3. The van der Waals surface area contributed by atoms with Crippen molar-refractivity contribution < 1.29 is 32.0 Å².